The molecule has 0 aliphatic carbocycles. The van der Waals surface area contributed by atoms with Gasteiger partial charge in [-0.05, 0) is 0 Å². The maximum Gasteiger partial charge on any atom is 0.242 e. The first kappa shape index (κ1) is 13.5. The third-order valence-corrected chi connectivity index (χ3v) is 2.21. The van der Waals surface area contributed by atoms with Crippen LogP contribution in [0, 0.1) is 0 Å². The van der Waals surface area contributed by atoms with Gasteiger partial charge in [0.05, 0.1) is 6.61 Å². The third-order valence-electron chi connectivity index (χ3n) is 2.21. The Morgan fingerprint density at radius 3 is 2.53 bits per heavy atom. The highest BCUT2D eigenvalue weighted by Crippen LogP contribution is 2.27. The molecule has 3 N–H and O–H groups in total. The van der Waals surface area contributed by atoms with Crippen LogP contribution < -0.4 is 15.8 Å². The number of nitrogens with zero attached hydrogens (tertiary/aromatic N) is 2. The largest absolute Gasteiger partial charge is 0.474 e. The molecule has 17 heavy (non-hydrogen) atoms. The van der Waals surface area contributed by atoms with E-state index >= 15 is 0 Å². The van der Waals surface area contributed by atoms with Crippen LogP contribution in [0.25, 0.3) is 0 Å². The van der Waals surface area contributed by atoms with Gasteiger partial charge in [0.2, 0.25) is 5.88 Å². The molecule has 6 heteroatoms. The molecule has 0 aliphatic heterocycles. The number of ether oxygens (including phenoxy) is 2. The van der Waals surface area contributed by atoms with E-state index in [4.69, 9.17) is 15.2 Å². The summed E-state index contributed by atoms with van der Waals surface area (Å²) >= 11 is 0. The lowest BCUT2D eigenvalue weighted by atomic mass is 10.2. The molecule has 1 heterocycles. The van der Waals surface area contributed by atoms with Gasteiger partial charge >= 0.3 is 0 Å². The quantitative estimate of drug-likeness (QED) is 0.728. The zero-order valence-corrected chi connectivity index (χ0v) is 10.8. The molecular weight excluding hydrogens is 220 g/mol. The minimum absolute atomic E-state index is 0.215. The number of hydrogen-bond donors (Lipinski definition) is 2. The Kier molecular flexibility index (Phi) is 4.96. The van der Waals surface area contributed by atoms with Crippen LogP contribution >= 0.6 is 0 Å². The second-order valence-corrected chi connectivity index (χ2v) is 3.90. The maximum atomic E-state index is 5.89. The number of nitrogens with two attached hydrogens (primary N) is 1. The predicted molar refractivity (Wildman–Crippen MR) is 67.5 cm³/mol. The van der Waals surface area contributed by atoms with E-state index in [2.05, 4.69) is 15.3 Å². The standard InChI is InChI=1S/C11H20N4O2/c1-7(2)9-14-10(13-3)8(12)11(15-9)17-6-5-16-4/h7H,5-6,12H2,1-4H3,(H,13,14,15). The lowest BCUT2D eigenvalue weighted by Gasteiger charge is -2.13. The Labute approximate surface area is 102 Å². The van der Waals surface area contributed by atoms with E-state index in [1.54, 1.807) is 14.2 Å². The second kappa shape index (κ2) is 6.24. The number of methoxy groups -OCH3 is 1. The third kappa shape index (κ3) is 3.45. The topological polar surface area (TPSA) is 82.3 Å². The number of nitrogen functional groups attached to an aromatic ring is 1. The second-order valence-electron chi connectivity index (χ2n) is 3.90. The lowest BCUT2D eigenvalue weighted by molar-refractivity contribution is 0.144. The molecule has 0 atom stereocenters. The van der Waals surface area contributed by atoms with E-state index in [-0.39, 0.29) is 5.92 Å². The zero-order valence-electron chi connectivity index (χ0n) is 10.8. The molecule has 0 unspecified atom stereocenters. The molecule has 0 radical (unpaired) electrons. The van der Waals surface area contributed by atoms with Crippen LogP contribution in [-0.2, 0) is 4.74 Å². The summed E-state index contributed by atoms with van der Waals surface area (Å²) in [6, 6.07) is 0. The number of anilines is 2. The summed E-state index contributed by atoms with van der Waals surface area (Å²) in [5.74, 6) is 1.92. The Hall–Kier alpha value is -1.56. The van der Waals surface area contributed by atoms with Gasteiger partial charge < -0.3 is 20.5 Å². The monoisotopic (exact) mass is 240 g/mol. The Balaban J connectivity index is 2.96. The minimum Gasteiger partial charge on any atom is -0.474 e. The number of rotatable bonds is 6. The van der Waals surface area contributed by atoms with Crippen LogP contribution in [0.2, 0.25) is 0 Å². The Morgan fingerprint density at radius 2 is 2.00 bits per heavy atom. The van der Waals surface area contributed by atoms with Crippen molar-refractivity contribution >= 4 is 11.5 Å². The van der Waals surface area contributed by atoms with Crippen molar-refractivity contribution < 1.29 is 9.47 Å². The zero-order chi connectivity index (χ0) is 12.8. The fourth-order valence-corrected chi connectivity index (χ4v) is 1.25. The van der Waals surface area contributed by atoms with Gasteiger partial charge in [-0.1, -0.05) is 13.8 Å². The number of aromatic nitrogens is 2. The van der Waals surface area contributed by atoms with Gasteiger partial charge in [-0.25, -0.2) is 4.98 Å². The average Bonchev–Trinajstić information content (AvgIpc) is 2.31. The highest BCUT2D eigenvalue weighted by atomic mass is 16.5. The van der Waals surface area contributed by atoms with Crippen LogP contribution in [0.3, 0.4) is 0 Å². The minimum atomic E-state index is 0.215. The van der Waals surface area contributed by atoms with Crippen LogP contribution in [0.5, 0.6) is 5.88 Å². The van der Waals surface area contributed by atoms with Crippen LogP contribution in [0.15, 0.2) is 0 Å². The van der Waals surface area contributed by atoms with E-state index in [1.165, 1.54) is 0 Å². The van der Waals surface area contributed by atoms with Crippen molar-refractivity contribution in [2.75, 3.05) is 38.4 Å². The highest BCUT2D eigenvalue weighted by Gasteiger charge is 2.13. The maximum absolute atomic E-state index is 5.89. The first-order valence-corrected chi connectivity index (χ1v) is 5.57. The van der Waals surface area contributed by atoms with Gasteiger partial charge in [0.1, 0.15) is 18.1 Å². The van der Waals surface area contributed by atoms with Crippen LogP contribution in [0.4, 0.5) is 11.5 Å². The van der Waals surface area contributed by atoms with Gasteiger partial charge in [-0.2, -0.15) is 4.98 Å². The molecule has 0 spiro atoms. The summed E-state index contributed by atoms with van der Waals surface area (Å²) < 4.78 is 10.4. The van der Waals surface area contributed by atoms with E-state index in [9.17, 15) is 0 Å². The first-order chi connectivity index (χ1) is 8.10. The molecule has 0 fully saturated rings. The predicted octanol–water partition coefficient (Wildman–Crippen LogP) is 1.25. The fraction of sp³-hybridized carbons (Fsp3) is 0.636. The molecule has 0 aliphatic rings. The van der Waals surface area contributed by atoms with Crippen molar-refractivity contribution in [1.29, 1.82) is 0 Å². The van der Waals surface area contributed by atoms with Crippen molar-refractivity contribution in [3.05, 3.63) is 5.82 Å². The molecule has 6 nitrogen and oxygen atoms in total. The Morgan fingerprint density at radius 1 is 1.29 bits per heavy atom. The molecule has 1 aromatic rings. The molecule has 0 bridgehead atoms. The van der Waals surface area contributed by atoms with Crippen molar-refractivity contribution in [3.8, 4) is 5.88 Å². The van der Waals surface area contributed by atoms with Gasteiger partial charge in [0.25, 0.3) is 0 Å². The normalized spacial score (nSPS) is 10.6. The van der Waals surface area contributed by atoms with Gasteiger partial charge in [0, 0.05) is 20.1 Å². The summed E-state index contributed by atoms with van der Waals surface area (Å²) in [4.78, 5) is 8.62. The fourth-order valence-electron chi connectivity index (χ4n) is 1.25. The van der Waals surface area contributed by atoms with Gasteiger partial charge in [-0.3, -0.25) is 0 Å². The van der Waals surface area contributed by atoms with Gasteiger partial charge in [-0.15, -0.1) is 0 Å². The summed E-state index contributed by atoms with van der Waals surface area (Å²) in [5.41, 5.74) is 6.32. The summed E-state index contributed by atoms with van der Waals surface area (Å²) in [5, 5.41) is 2.93. The van der Waals surface area contributed by atoms with Crippen LogP contribution in [-0.4, -0.2) is 37.3 Å². The summed E-state index contributed by atoms with van der Waals surface area (Å²) in [6.07, 6.45) is 0. The van der Waals surface area contributed by atoms with Crippen LogP contribution in [0.1, 0.15) is 25.6 Å². The van der Waals surface area contributed by atoms with E-state index in [0.29, 0.717) is 36.4 Å². The highest BCUT2D eigenvalue weighted by molar-refractivity contribution is 5.66. The Bertz CT molecular complexity index is 369. The molecular formula is C11H20N4O2. The van der Waals surface area contributed by atoms with E-state index in [1.807, 2.05) is 13.8 Å². The number of hydrogen-bond acceptors (Lipinski definition) is 6. The van der Waals surface area contributed by atoms with Gasteiger partial charge in [0.15, 0.2) is 5.82 Å². The van der Waals surface area contributed by atoms with E-state index < -0.39 is 0 Å². The molecule has 0 aromatic carbocycles. The van der Waals surface area contributed by atoms with Crippen molar-refractivity contribution in [2.45, 2.75) is 19.8 Å². The molecule has 0 saturated heterocycles. The molecule has 0 amide bonds. The van der Waals surface area contributed by atoms with Crippen molar-refractivity contribution in [2.24, 2.45) is 0 Å². The van der Waals surface area contributed by atoms with Crippen molar-refractivity contribution in [3.63, 3.8) is 0 Å². The smallest absolute Gasteiger partial charge is 0.242 e. The molecule has 1 aromatic heterocycles. The van der Waals surface area contributed by atoms with E-state index in [0.717, 1.165) is 0 Å². The SMILES string of the molecule is CNc1nc(C(C)C)nc(OCCOC)c1N. The summed E-state index contributed by atoms with van der Waals surface area (Å²) in [7, 11) is 3.38. The summed E-state index contributed by atoms with van der Waals surface area (Å²) in [6.45, 7) is 4.95. The molecule has 1 rings (SSSR count). The first-order valence-electron chi connectivity index (χ1n) is 5.57. The average molecular weight is 240 g/mol. The molecule has 0 saturated carbocycles. The lowest BCUT2D eigenvalue weighted by Crippen LogP contribution is -2.12. The van der Waals surface area contributed by atoms with Crippen molar-refractivity contribution in [1.82, 2.24) is 9.97 Å². The molecule has 96 valence electrons. The number of nitrogens with one attached hydrogen (secondary N) is 1.